The fraction of sp³-hybridized carbons (Fsp3) is 0.316. The third kappa shape index (κ3) is 5.88. The van der Waals surface area contributed by atoms with E-state index in [2.05, 4.69) is 46.1 Å². The number of carbonyl (C=O) groups excluding carboxylic acids is 1. The predicted molar refractivity (Wildman–Crippen MR) is 115 cm³/mol. The van der Waals surface area contributed by atoms with Gasteiger partial charge in [0.1, 0.15) is 11.3 Å². The SMILES string of the molecule is C=CCn1c(SCC(=O)Nc2nncs2)nnc1-c1ccc(OCC(C)C)cc1. The monoisotopic (exact) mass is 430 g/mol. The molecule has 0 atom stereocenters. The van der Waals surface area contributed by atoms with Crippen LogP contribution in [0.1, 0.15) is 13.8 Å². The molecule has 0 fully saturated rings. The summed E-state index contributed by atoms with van der Waals surface area (Å²) in [5.74, 6) is 2.02. The molecule has 0 aliphatic heterocycles. The summed E-state index contributed by atoms with van der Waals surface area (Å²) in [6, 6.07) is 7.76. The van der Waals surface area contributed by atoms with Gasteiger partial charge in [-0.2, -0.15) is 0 Å². The summed E-state index contributed by atoms with van der Waals surface area (Å²) in [6.45, 7) is 9.24. The lowest BCUT2D eigenvalue weighted by Crippen LogP contribution is -2.14. The molecule has 0 spiro atoms. The molecule has 0 saturated carbocycles. The predicted octanol–water partition coefficient (Wildman–Crippen LogP) is 3.75. The molecule has 0 unspecified atom stereocenters. The fourth-order valence-corrected chi connectivity index (χ4v) is 3.59. The van der Waals surface area contributed by atoms with E-state index in [1.54, 1.807) is 11.6 Å². The lowest BCUT2D eigenvalue weighted by atomic mass is 10.2. The quantitative estimate of drug-likeness (QED) is 0.387. The fourth-order valence-electron chi connectivity index (χ4n) is 2.38. The Morgan fingerprint density at radius 3 is 2.76 bits per heavy atom. The summed E-state index contributed by atoms with van der Waals surface area (Å²) >= 11 is 2.58. The molecule has 1 amide bonds. The molecule has 10 heteroatoms. The van der Waals surface area contributed by atoms with E-state index < -0.39 is 0 Å². The molecule has 3 rings (SSSR count). The molecule has 152 valence electrons. The van der Waals surface area contributed by atoms with Crippen LogP contribution in [-0.4, -0.2) is 43.2 Å². The van der Waals surface area contributed by atoms with Crippen molar-refractivity contribution in [1.29, 1.82) is 0 Å². The molecule has 0 bridgehead atoms. The van der Waals surface area contributed by atoms with Crippen LogP contribution in [0.3, 0.4) is 0 Å². The minimum atomic E-state index is -0.173. The highest BCUT2D eigenvalue weighted by atomic mass is 32.2. The Bertz CT molecular complexity index is 938. The van der Waals surface area contributed by atoms with E-state index in [9.17, 15) is 4.79 Å². The molecule has 0 saturated heterocycles. The van der Waals surface area contributed by atoms with Gasteiger partial charge in [-0.3, -0.25) is 14.7 Å². The molecular formula is C19H22N6O2S2. The minimum Gasteiger partial charge on any atom is -0.493 e. The maximum atomic E-state index is 12.1. The first-order valence-corrected chi connectivity index (χ1v) is 10.9. The van der Waals surface area contributed by atoms with E-state index in [1.807, 2.05) is 28.8 Å². The molecule has 0 radical (unpaired) electrons. The van der Waals surface area contributed by atoms with Gasteiger partial charge in [-0.1, -0.05) is 43.0 Å². The van der Waals surface area contributed by atoms with Gasteiger partial charge >= 0.3 is 0 Å². The van der Waals surface area contributed by atoms with Crippen LogP contribution in [0.4, 0.5) is 5.13 Å². The average Bonchev–Trinajstić information content (AvgIpc) is 3.35. The number of hydrogen-bond donors (Lipinski definition) is 1. The van der Waals surface area contributed by atoms with Crippen LogP contribution < -0.4 is 10.1 Å². The van der Waals surface area contributed by atoms with Crippen molar-refractivity contribution >= 4 is 34.1 Å². The van der Waals surface area contributed by atoms with Crippen molar-refractivity contribution in [2.75, 3.05) is 17.7 Å². The lowest BCUT2D eigenvalue weighted by Gasteiger charge is -2.10. The normalized spacial score (nSPS) is 10.9. The van der Waals surface area contributed by atoms with Gasteiger partial charge in [0.2, 0.25) is 11.0 Å². The van der Waals surface area contributed by atoms with Crippen molar-refractivity contribution in [2.45, 2.75) is 25.5 Å². The third-order valence-corrected chi connectivity index (χ3v) is 5.24. The van der Waals surface area contributed by atoms with Gasteiger partial charge in [-0.05, 0) is 30.2 Å². The Hall–Kier alpha value is -2.72. The number of nitrogens with zero attached hydrogens (tertiary/aromatic N) is 5. The highest BCUT2D eigenvalue weighted by molar-refractivity contribution is 7.99. The van der Waals surface area contributed by atoms with Crippen molar-refractivity contribution < 1.29 is 9.53 Å². The topological polar surface area (TPSA) is 94.8 Å². The summed E-state index contributed by atoms with van der Waals surface area (Å²) in [7, 11) is 0. The molecule has 1 aromatic carbocycles. The number of aromatic nitrogens is 5. The highest BCUT2D eigenvalue weighted by Gasteiger charge is 2.15. The second-order valence-electron chi connectivity index (χ2n) is 6.52. The third-order valence-electron chi connectivity index (χ3n) is 3.66. The van der Waals surface area contributed by atoms with Crippen molar-refractivity contribution in [3.8, 4) is 17.1 Å². The van der Waals surface area contributed by atoms with E-state index in [0.717, 1.165) is 11.3 Å². The second kappa shape index (κ2) is 10.2. The first-order chi connectivity index (χ1) is 14.1. The Kier molecular flexibility index (Phi) is 7.36. The number of carbonyl (C=O) groups is 1. The van der Waals surface area contributed by atoms with Crippen LogP contribution in [-0.2, 0) is 11.3 Å². The van der Waals surface area contributed by atoms with Crippen LogP contribution in [0.5, 0.6) is 5.75 Å². The van der Waals surface area contributed by atoms with Gasteiger partial charge in [0.05, 0.1) is 12.4 Å². The van der Waals surface area contributed by atoms with Gasteiger partial charge in [-0.15, -0.1) is 27.0 Å². The van der Waals surface area contributed by atoms with Gasteiger partial charge in [-0.25, -0.2) is 0 Å². The zero-order valence-corrected chi connectivity index (χ0v) is 17.9. The van der Waals surface area contributed by atoms with Crippen LogP contribution in [0, 0.1) is 5.92 Å². The molecule has 3 aromatic rings. The number of benzene rings is 1. The first kappa shape index (κ1) is 21.0. The van der Waals surface area contributed by atoms with Gasteiger partial charge < -0.3 is 4.74 Å². The summed E-state index contributed by atoms with van der Waals surface area (Å²) in [6.07, 6.45) is 1.78. The van der Waals surface area contributed by atoms with Crippen molar-refractivity contribution in [3.63, 3.8) is 0 Å². The number of ether oxygens (including phenoxy) is 1. The van der Waals surface area contributed by atoms with Crippen LogP contribution >= 0.6 is 23.1 Å². The molecular weight excluding hydrogens is 408 g/mol. The van der Waals surface area contributed by atoms with Gasteiger partial charge in [0, 0.05) is 12.1 Å². The Morgan fingerprint density at radius 2 is 2.10 bits per heavy atom. The summed E-state index contributed by atoms with van der Waals surface area (Å²) in [5, 5.41) is 19.9. The summed E-state index contributed by atoms with van der Waals surface area (Å²) in [4.78, 5) is 12.1. The highest BCUT2D eigenvalue weighted by Crippen LogP contribution is 2.26. The number of hydrogen-bond acceptors (Lipinski definition) is 8. The number of nitrogens with one attached hydrogen (secondary N) is 1. The lowest BCUT2D eigenvalue weighted by molar-refractivity contribution is -0.113. The number of allylic oxidation sites excluding steroid dienone is 1. The molecule has 29 heavy (non-hydrogen) atoms. The van der Waals surface area contributed by atoms with E-state index in [1.165, 1.54) is 23.1 Å². The minimum absolute atomic E-state index is 0.173. The van der Waals surface area contributed by atoms with Crippen LogP contribution in [0.15, 0.2) is 47.6 Å². The Balaban J connectivity index is 1.69. The zero-order valence-electron chi connectivity index (χ0n) is 16.2. The van der Waals surface area contributed by atoms with Gasteiger partial charge in [0.15, 0.2) is 11.0 Å². The molecule has 1 N–H and O–H groups in total. The van der Waals surface area contributed by atoms with Crippen LogP contribution in [0.2, 0.25) is 0 Å². The molecule has 8 nitrogen and oxygen atoms in total. The number of rotatable bonds is 10. The standard InChI is InChI=1S/C19H22N6O2S2/c1-4-9-25-17(14-5-7-15(8-6-14)27-10-13(2)3)22-24-19(25)28-11-16(26)21-18-23-20-12-29-18/h4-8,12-13H,1,9-11H2,2-3H3,(H,21,23,26). The molecule has 0 aliphatic carbocycles. The van der Waals surface area contributed by atoms with Crippen LogP contribution in [0.25, 0.3) is 11.4 Å². The maximum absolute atomic E-state index is 12.1. The first-order valence-electron chi connectivity index (χ1n) is 9.03. The maximum Gasteiger partial charge on any atom is 0.236 e. The van der Waals surface area contributed by atoms with E-state index in [0.29, 0.717) is 35.2 Å². The Morgan fingerprint density at radius 1 is 1.31 bits per heavy atom. The zero-order chi connectivity index (χ0) is 20.6. The number of anilines is 1. The Labute approximate surface area is 177 Å². The summed E-state index contributed by atoms with van der Waals surface area (Å²) in [5.41, 5.74) is 2.48. The number of thioether (sulfide) groups is 1. The average molecular weight is 431 g/mol. The summed E-state index contributed by atoms with van der Waals surface area (Å²) < 4.78 is 7.66. The van der Waals surface area contributed by atoms with E-state index in [-0.39, 0.29) is 11.7 Å². The molecule has 2 heterocycles. The van der Waals surface area contributed by atoms with E-state index >= 15 is 0 Å². The molecule has 0 aliphatic rings. The van der Waals surface area contributed by atoms with Crippen molar-refractivity contribution in [1.82, 2.24) is 25.0 Å². The number of amides is 1. The smallest absolute Gasteiger partial charge is 0.236 e. The molecule has 2 aromatic heterocycles. The second-order valence-corrected chi connectivity index (χ2v) is 8.29. The van der Waals surface area contributed by atoms with Crippen molar-refractivity contribution in [3.05, 3.63) is 42.4 Å². The van der Waals surface area contributed by atoms with Crippen molar-refractivity contribution in [2.24, 2.45) is 5.92 Å². The largest absolute Gasteiger partial charge is 0.493 e. The van der Waals surface area contributed by atoms with E-state index in [4.69, 9.17) is 4.74 Å². The van der Waals surface area contributed by atoms with Gasteiger partial charge in [0.25, 0.3) is 0 Å².